The molecular formula is C15H12FN3O. The van der Waals surface area contributed by atoms with E-state index < -0.39 is 11.7 Å². The van der Waals surface area contributed by atoms with E-state index in [1.165, 1.54) is 12.1 Å². The van der Waals surface area contributed by atoms with Gasteiger partial charge in [0.1, 0.15) is 5.82 Å². The van der Waals surface area contributed by atoms with E-state index in [1.807, 2.05) is 6.07 Å². The zero-order chi connectivity index (χ0) is 14.5. The van der Waals surface area contributed by atoms with Crippen LogP contribution in [0.5, 0.6) is 0 Å². The number of hydrogen-bond acceptors (Lipinski definition) is 3. The van der Waals surface area contributed by atoms with Gasteiger partial charge in [-0.15, -0.1) is 0 Å². The van der Waals surface area contributed by atoms with Crippen LogP contribution in [0.25, 0.3) is 0 Å². The number of hydrogen-bond donors (Lipinski definition) is 2. The smallest absolute Gasteiger partial charge is 0.255 e. The summed E-state index contributed by atoms with van der Waals surface area (Å²) in [7, 11) is 0. The van der Waals surface area contributed by atoms with E-state index in [4.69, 9.17) is 11.0 Å². The molecule has 0 saturated carbocycles. The fourth-order valence-corrected chi connectivity index (χ4v) is 1.67. The molecule has 0 aliphatic carbocycles. The number of nitrogens with two attached hydrogens (primary N) is 1. The van der Waals surface area contributed by atoms with Gasteiger partial charge in [-0.05, 0) is 35.9 Å². The molecular weight excluding hydrogens is 257 g/mol. The highest BCUT2D eigenvalue weighted by atomic mass is 19.1. The van der Waals surface area contributed by atoms with Gasteiger partial charge in [0.2, 0.25) is 0 Å². The monoisotopic (exact) mass is 269 g/mol. The largest absolute Gasteiger partial charge is 0.396 e. The number of carbonyl (C=O) groups is 1. The fraction of sp³-hybridized carbons (Fsp3) is 0.0667. The maximum atomic E-state index is 13.3. The SMILES string of the molecule is N#CCc1ccc(NC(=O)c2ccc(N)c(F)c2)cc1. The minimum atomic E-state index is -0.623. The minimum Gasteiger partial charge on any atom is -0.396 e. The zero-order valence-electron chi connectivity index (χ0n) is 10.6. The summed E-state index contributed by atoms with van der Waals surface area (Å²) in [6.07, 6.45) is 0.317. The van der Waals surface area contributed by atoms with Crippen LogP contribution < -0.4 is 11.1 Å². The van der Waals surface area contributed by atoms with Crippen molar-refractivity contribution in [3.63, 3.8) is 0 Å². The van der Waals surface area contributed by atoms with Crippen molar-refractivity contribution >= 4 is 17.3 Å². The number of benzene rings is 2. The molecule has 0 aliphatic heterocycles. The maximum absolute atomic E-state index is 13.3. The average molecular weight is 269 g/mol. The number of anilines is 2. The van der Waals surface area contributed by atoms with Crippen LogP contribution in [0.3, 0.4) is 0 Å². The van der Waals surface area contributed by atoms with E-state index in [0.717, 1.165) is 11.6 Å². The molecule has 0 saturated heterocycles. The lowest BCUT2D eigenvalue weighted by Crippen LogP contribution is -2.12. The molecule has 20 heavy (non-hydrogen) atoms. The van der Waals surface area contributed by atoms with Crippen LogP contribution in [0.15, 0.2) is 42.5 Å². The van der Waals surface area contributed by atoms with Crippen molar-refractivity contribution in [2.24, 2.45) is 0 Å². The van der Waals surface area contributed by atoms with Gasteiger partial charge in [0.25, 0.3) is 5.91 Å². The van der Waals surface area contributed by atoms with E-state index in [0.29, 0.717) is 12.1 Å². The second kappa shape index (κ2) is 5.85. The van der Waals surface area contributed by atoms with E-state index in [9.17, 15) is 9.18 Å². The lowest BCUT2D eigenvalue weighted by atomic mass is 10.1. The summed E-state index contributed by atoms with van der Waals surface area (Å²) in [5.74, 6) is -1.04. The molecule has 2 rings (SSSR count). The number of amides is 1. The molecule has 0 aromatic heterocycles. The summed E-state index contributed by atoms with van der Waals surface area (Å²) in [6, 6.07) is 12.8. The first kappa shape index (κ1) is 13.6. The Morgan fingerprint density at radius 3 is 2.55 bits per heavy atom. The Labute approximate surface area is 115 Å². The number of nitrogens with one attached hydrogen (secondary N) is 1. The van der Waals surface area contributed by atoms with Gasteiger partial charge >= 0.3 is 0 Å². The molecule has 5 heteroatoms. The third-order valence-corrected chi connectivity index (χ3v) is 2.76. The maximum Gasteiger partial charge on any atom is 0.255 e. The molecule has 0 radical (unpaired) electrons. The number of nitrogen functional groups attached to an aromatic ring is 1. The van der Waals surface area contributed by atoms with Gasteiger partial charge < -0.3 is 11.1 Å². The minimum absolute atomic E-state index is 0.00223. The Morgan fingerprint density at radius 2 is 1.95 bits per heavy atom. The third kappa shape index (κ3) is 3.12. The summed E-state index contributed by atoms with van der Waals surface area (Å²) in [5.41, 5.74) is 6.99. The average Bonchev–Trinajstić information content (AvgIpc) is 2.44. The van der Waals surface area contributed by atoms with Gasteiger partial charge in [-0.1, -0.05) is 12.1 Å². The Morgan fingerprint density at radius 1 is 1.25 bits per heavy atom. The van der Waals surface area contributed by atoms with Gasteiger partial charge in [0.15, 0.2) is 0 Å². The molecule has 0 heterocycles. The van der Waals surface area contributed by atoms with Gasteiger partial charge in [-0.25, -0.2) is 4.39 Å². The molecule has 2 aromatic carbocycles. The highest BCUT2D eigenvalue weighted by Gasteiger charge is 2.08. The predicted molar refractivity (Wildman–Crippen MR) is 74.5 cm³/mol. The predicted octanol–water partition coefficient (Wildman–Crippen LogP) is 2.73. The highest BCUT2D eigenvalue weighted by molar-refractivity contribution is 6.04. The number of nitriles is 1. The summed E-state index contributed by atoms with van der Waals surface area (Å²) in [6.45, 7) is 0. The van der Waals surface area contributed by atoms with Crippen LogP contribution in [-0.2, 0) is 6.42 Å². The number of rotatable bonds is 3. The Balaban J connectivity index is 2.11. The van der Waals surface area contributed by atoms with Crippen molar-refractivity contribution in [1.29, 1.82) is 5.26 Å². The molecule has 100 valence electrons. The summed E-state index contributed by atoms with van der Waals surface area (Å²) >= 11 is 0. The van der Waals surface area contributed by atoms with Crippen molar-refractivity contribution in [3.8, 4) is 6.07 Å². The van der Waals surface area contributed by atoms with Gasteiger partial charge in [-0.2, -0.15) is 5.26 Å². The van der Waals surface area contributed by atoms with Crippen LogP contribution in [0.1, 0.15) is 15.9 Å². The molecule has 0 unspecified atom stereocenters. The second-order valence-corrected chi connectivity index (χ2v) is 4.22. The number of nitrogens with zero attached hydrogens (tertiary/aromatic N) is 1. The Bertz CT molecular complexity index is 675. The Hall–Kier alpha value is -2.87. The topological polar surface area (TPSA) is 78.9 Å². The molecule has 0 bridgehead atoms. The third-order valence-electron chi connectivity index (χ3n) is 2.76. The van der Waals surface area contributed by atoms with E-state index in [2.05, 4.69) is 5.32 Å². The summed E-state index contributed by atoms with van der Waals surface area (Å²) < 4.78 is 13.3. The molecule has 2 aromatic rings. The molecule has 0 fully saturated rings. The zero-order valence-corrected chi connectivity index (χ0v) is 10.6. The lowest BCUT2D eigenvalue weighted by Gasteiger charge is -2.06. The van der Waals surface area contributed by atoms with Crippen molar-refractivity contribution in [2.75, 3.05) is 11.1 Å². The van der Waals surface area contributed by atoms with Gasteiger partial charge in [0, 0.05) is 11.3 Å². The van der Waals surface area contributed by atoms with Crippen molar-refractivity contribution in [1.82, 2.24) is 0 Å². The second-order valence-electron chi connectivity index (χ2n) is 4.22. The van der Waals surface area contributed by atoms with Crippen LogP contribution in [0.4, 0.5) is 15.8 Å². The molecule has 0 spiro atoms. The van der Waals surface area contributed by atoms with Crippen LogP contribution in [0.2, 0.25) is 0 Å². The number of carbonyl (C=O) groups excluding carboxylic acids is 1. The van der Waals surface area contributed by atoms with Crippen molar-refractivity contribution < 1.29 is 9.18 Å². The first-order valence-corrected chi connectivity index (χ1v) is 5.92. The quantitative estimate of drug-likeness (QED) is 0.841. The molecule has 4 nitrogen and oxygen atoms in total. The van der Waals surface area contributed by atoms with Crippen molar-refractivity contribution in [2.45, 2.75) is 6.42 Å². The van der Waals surface area contributed by atoms with Crippen LogP contribution >= 0.6 is 0 Å². The normalized spacial score (nSPS) is 9.80. The highest BCUT2D eigenvalue weighted by Crippen LogP contribution is 2.15. The lowest BCUT2D eigenvalue weighted by molar-refractivity contribution is 0.102. The van der Waals surface area contributed by atoms with E-state index in [-0.39, 0.29) is 11.3 Å². The molecule has 1 amide bonds. The van der Waals surface area contributed by atoms with Gasteiger partial charge in [-0.3, -0.25) is 4.79 Å². The number of halogens is 1. The van der Waals surface area contributed by atoms with Crippen LogP contribution in [-0.4, -0.2) is 5.91 Å². The molecule has 3 N–H and O–H groups in total. The van der Waals surface area contributed by atoms with Crippen molar-refractivity contribution in [3.05, 3.63) is 59.4 Å². The first-order valence-electron chi connectivity index (χ1n) is 5.92. The summed E-state index contributed by atoms with van der Waals surface area (Å²) in [4.78, 5) is 11.9. The Kier molecular flexibility index (Phi) is 3.96. The summed E-state index contributed by atoms with van der Waals surface area (Å²) in [5, 5.41) is 11.2. The van der Waals surface area contributed by atoms with Gasteiger partial charge in [0.05, 0.1) is 18.2 Å². The van der Waals surface area contributed by atoms with E-state index in [1.54, 1.807) is 24.3 Å². The first-order chi connectivity index (χ1) is 9.60. The van der Waals surface area contributed by atoms with Crippen LogP contribution in [0, 0.1) is 17.1 Å². The molecule has 0 atom stereocenters. The standard InChI is InChI=1S/C15H12FN3O/c16-13-9-11(3-6-14(13)18)15(20)19-12-4-1-10(2-5-12)7-8-17/h1-6,9H,7,18H2,(H,19,20). The van der Waals surface area contributed by atoms with E-state index >= 15 is 0 Å². The fourth-order valence-electron chi connectivity index (χ4n) is 1.67. The molecule has 0 aliphatic rings.